The molecule has 1 heterocycles. The molecule has 0 aliphatic heterocycles. The normalized spacial score (nSPS) is 11.5. The van der Waals surface area contributed by atoms with Gasteiger partial charge in [0.1, 0.15) is 16.5 Å². The molecule has 0 atom stereocenters. The summed E-state index contributed by atoms with van der Waals surface area (Å²) in [4.78, 5) is 29.1. The zero-order chi connectivity index (χ0) is 20.3. The summed E-state index contributed by atoms with van der Waals surface area (Å²) in [6.07, 6.45) is 0. The van der Waals surface area contributed by atoms with Crippen LogP contribution < -0.4 is 10.4 Å². The maximum Gasteiger partial charge on any atom is 0.348 e. The van der Waals surface area contributed by atoms with Crippen molar-refractivity contribution in [1.29, 1.82) is 0 Å². The van der Waals surface area contributed by atoms with E-state index in [-0.39, 0.29) is 21.2 Å². The van der Waals surface area contributed by atoms with Gasteiger partial charge in [0.25, 0.3) is 5.56 Å². The van der Waals surface area contributed by atoms with E-state index in [0.717, 1.165) is 23.5 Å². The predicted molar refractivity (Wildman–Crippen MR) is 102 cm³/mol. The lowest BCUT2D eigenvalue weighted by Gasteiger charge is -2.08. The van der Waals surface area contributed by atoms with Crippen LogP contribution in [0.15, 0.2) is 58.3 Å². The second-order valence-electron chi connectivity index (χ2n) is 5.65. The molecule has 0 amide bonds. The quantitative estimate of drug-likeness (QED) is 0.599. The van der Waals surface area contributed by atoms with Crippen LogP contribution in [0.3, 0.4) is 0 Å². The van der Waals surface area contributed by atoms with Crippen molar-refractivity contribution in [3.8, 4) is 0 Å². The van der Waals surface area contributed by atoms with Crippen LogP contribution in [0.5, 0.6) is 0 Å². The van der Waals surface area contributed by atoms with Gasteiger partial charge in [-0.05, 0) is 35.9 Å². The van der Waals surface area contributed by atoms with Crippen LogP contribution in [0.4, 0.5) is 14.5 Å². The van der Waals surface area contributed by atoms with Gasteiger partial charge in [-0.25, -0.2) is 18.6 Å². The first-order valence-corrected chi connectivity index (χ1v) is 9.14. The molecule has 0 N–H and O–H groups in total. The molecule has 28 heavy (non-hydrogen) atoms. The maximum absolute atomic E-state index is 13.4. The molecule has 2 aromatic carbocycles. The number of ether oxygens (including phenoxy) is 1. The number of carbonyl (C=O) groups is 1. The third kappa shape index (κ3) is 4.52. The van der Waals surface area contributed by atoms with E-state index in [1.165, 1.54) is 35.9 Å². The average molecular weight is 423 g/mol. The fraction of sp³-hybridized carbons (Fsp3) is 0.105. The SMILES string of the molecule is COC(=O)c1cc(=O)n(Cc2ccc(F)cc2)c(=Nc2ccc(F)c(Cl)c2)s1. The standard InChI is InChI=1S/C19H13ClF2N2O3S/c1-27-18(26)16-9-17(25)24(10-11-2-4-12(21)5-3-11)19(28-16)23-13-6-7-15(22)14(20)8-13/h2-9H,10H2,1H3. The van der Waals surface area contributed by atoms with Crippen molar-refractivity contribution < 1.29 is 18.3 Å². The number of nitrogens with zero attached hydrogens (tertiary/aromatic N) is 2. The fourth-order valence-corrected chi connectivity index (χ4v) is 3.45. The van der Waals surface area contributed by atoms with Crippen LogP contribution in [-0.4, -0.2) is 17.6 Å². The Bertz CT molecular complexity index is 1160. The van der Waals surface area contributed by atoms with Crippen molar-refractivity contribution >= 4 is 34.6 Å². The van der Waals surface area contributed by atoms with E-state index >= 15 is 0 Å². The topological polar surface area (TPSA) is 60.7 Å². The van der Waals surface area contributed by atoms with Gasteiger partial charge in [0, 0.05) is 6.07 Å². The number of halogens is 3. The molecule has 0 aliphatic carbocycles. The van der Waals surface area contributed by atoms with Crippen LogP contribution in [0.25, 0.3) is 0 Å². The first-order valence-electron chi connectivity index (χ1n) is 7.95. The van der Waals surface area contributed by atoms with E-state index in [1.54, 1.807) is 12.1 Å². The molecular weight excluding hydrogens is 410 g/mol. The second-order valence-corrected chi connectivity index (χ2v) is 7.06. The number of carbonyl (C=O) groups excluding carboxylic acids is 1. The molecule has 0 spiro atoms. The summed E-state index contributed by atoms with van der Waals surface area (Å²) in [6, 6.07) is 10.6. The molecule has 0 saturated heterocycles. The molecule has 3 rings (SSSR count). The van der Waals surface area contributed by atoms with Crippen molar-refractivity contribution in [2.45, 2.75) is 6.54 Å². The van der Waals surface area contributed by atoms with Crippen LogP contribution in [0.1, 0.15) is 15.2 Å². The van der Waals surface area contributed by atoms with E-state index in [1.807, 2.05) is 0 Å². The molecule has 0 unspecified atom stereocenters. The summed E-state index contributed by atoms with van der Waals surface area (Å²) in [7, 11) is 1.20. The summed E-state index contributed by atoms with van der Waals surface area (Å²) in [5.74, 6) is -1.67. The summed E-state index contributed by atoms with van der Waals surface area (Å²) in [6.45, 7) is 0.102. The third-order valence-electron chi connectivity index (χ3n) is 3.72. The first-order chi connectivity index (χ1) is 13.4. The third-order valence-corrected chi connectivity index (χ3v) is 5.01. The smallest absolute Gasteiger partial charge is 0.348 e. The second kappa shape index (κ2) is 8.45. The highest BCUT2D eigenvalue weighted by Gasteiger charge is 2.12. The Kier molecular flexibility index (Phi) is 6.01. The summed E-state index contributed by atoms with van der Waals surface area (Å²) in [5, 5.41) is -0.122. The molecular formula is C19H13ClF2N2O3S. The van der Waals surface area contributed by atoms with E-state index < -0.39 is 23.2 Å². The largest absolute Gasteiger partial charge is 0.465 e. The van der Waals surface area contributed by atoms with Crippen LogP contribution in [-0.2, 0) is 11.3 Å². The molecule has 3 aromatic rings. The number of benzene rings is 2. The van der Waals surface area contributed by atoms with Crippen LogP contribution >= 0.6 is 22.9 Å². The molecule has 1 aromatic heterocycles. The molecule has 0 radical (unpaired) electrons. The molecule has 9 heteroatoms. The monoisotopic (exact) mass is 422 g/mol. The lowest BCUT2D eigenvalue weighted by Crippen LogP contribution is -2.33. The van der Waals surface area contributed by atoms with Crippen molar-refractivity contribution in [3.05, 3.63) is 90.8 Å². The highest BCUT2D eigenvalue weighted by Crippen LogP contribution is 2.21. The van der Waals surface area contributed by atoms with E-state index in [2.05, 4.69) is 9.73 Å². The molecule has 0 fully saturated rings. The van der Waals surface area contributed by atoms with Crippen molar-refractivity contribution in [2.75, 3.05) is 7.11 Å². The van der Waals surface area contributed by atoms with Crippen LogP contribution in [0, 0.1) is 11.6 Å². The summed E-state index contributed by atoms with van der Waals surface area (Å²) < 4.78 is 32.5. The van der Waals surface area contributed by atoms with Gasteiger partial charge in [-0.3, -0.25) is 9.36 Å². The number of rotatable bonds is 4. The lowest BCUT2D eigenvalue weighted by atomic mass is 10.2. The molecule has 0 bridgehead atoms. The van der Waals surface area contributed by atoms with E-state index in [9.17, 15) is 18.4 Å². The Morgan fingerprint density at radius 1 is 1.18 bits per heavy atom. The van der Waals surface area contributed by atoms with Gasteiger partial charge in [0.15, 0.2) is 4.80 Å². The minimum absolute atomic E-state index is 0.0646. The minimum atomic E-state index is -0.676. The molecule has 0 aliphatic rings. The Morgan fingerprint density at radius 2 is 1.89 bits per heavy atom. The van der Waals surface area contributed by atoms with Crippen LogP contribution in [0.2, 0.25) is 5.02 Å². The van der Waals surface area contributed by atoms with Gasteiger partial charge in [0.05, 0.1) is 24.4 Å². The first kappa shape index (κ1) is 19.9. The number of esters is 1. The molecule has 5 nitrogen and oxygen atoms in total. The predicted octanol–water partition coefficient (Wildman–Crippen LogP) is 3.91. The fourth-order valence-electron chi connectivity index (χ4n) is 2.33. The zero-order valence-corrected chi connectivity index (χ0v) is 16.1. The Morgan fingerprint density at radius 3 is 2.54 bits per heavy atom. The summed E-state index contributed by atoms with van der Waals surface area (Å²) >= 11 is 6.72. The minimum Gasteiger partial charge on any atom is -0.465 e. The van der Waals surface area contributed by atoms with Gasteiger partial charge in [-0.15, -0.1) is 0 Å². The van der Waals surface area contributed by atoms with Crippen molar-refractivity contribution in [2.24, 2.45) is 4.99 Å². The summed E-state index contributed by atoms with van der Waals surface area (Å²) in [5.41, 5.74) is 0.475. The van der Waals surface area contributed by atoms with E-state index in [4.69, 9.17) is 11.6 Å². The number of methoxy groups -OCH3 is 1. The maximum atomic E-state index is 13.4. The number of hydrogen-bond donors (Lipinski definition) is 0. The lowest BCUT2D eigenvalue weighted by molar-refractivity contribution is 0.0605. The van der Waals surface area contributed by atoms with E-state index in [0.29, 0.717) is 11.3 Å². The molecule has 144 valence electrons. The molecule has 0 saturated carbocycles. The Hall–Kier alpha value is -2.84. The van der Waals surface area contributed by atoms with Gasteiger partial charge < -0.3 is 4.74 Å². The Labute approximate surface area is 167 Å². The van der Waals surface area contributed by atoms with Gasteiger partial charge in [-0.2, -0.15) is 0 Å². The average Bonchev–Trinajstić information content (AvgIpc) is 2.68. The number of aromatic nitrogens is 1. The van der Waals surface area contributed by atoms with Gasteiger partial charge >= 0.3 is 5.97 Å². The highest BCUT2D eigenvalue weighted by atomic mass is 35.5. The van der Waals surface area contributed by atoms with Gasteiger partial charge in [0.2, 0.25) is 0 Å². The number of hydrogen-bond acceptors (Lipinski definition) is 5. The van der Waals surface area contributed by atoms with Gasteiger partial charge in [-0.1, -0.05) is 35.1 Å². The van der Waals surface area contributed by atoms with Crippen molar-refractivity contribution in [3.63, 3.8) is 0 Å². The Balaban J connectivity index is 2.18. The highest BCUT2D eigenvalue weighted by molar-refractivity contribution is 7.11. The van der Waals surface area contributed by atoms with Crippen molar-refractivity contribution in [1.82, 2.24) is 4.57 Å². The zero-order valence-electron chi connectivity index (χ0n) is 14.5.